The van der Waals surface area contributed by atoms with Crippen molar-refractivity contribution < 1.29 is 15.0 Å². The summed E-state index contributed by atoms with van der Waals surface area (Å²) in [5.41, 5.74) is 2.70. The van der Waals surface area contributed by atoms with Crippen LogP contribution in [0.3, 0.4) is 0 Å². The molecule has 2 N–H and O–H groups in total. The van der Waals surface area contributed by atoms with Crippen molar-refractivity contribution in [2.24, 2.45) is 5.92 Å². The highest BCUT2D eigenvalue weighted by Crippen LogP contribution is 2.35. The van der Waals surface area contributed by atoms with Crippen LogP contribution in [0.5, 0.6) is 5.75 Å². The van der Waals surface area contributed by atoms with E-state index in [9.17, 15) is 15.0 Å². The molecule has 0 radical (unpaired) electrons. The number of hydrogen-bond acceptors (Lipinski definition) is 2. The molecule has 178 valence electrons. The molecular formula is C28H48O3. The van der Waals surface area contributed by atoms with E-state index in [1.807, 2.05) is 19.1 Å². The van der Waals surface area contributed by atoms with Crippen LogP contribution in [-0.4, -0.2) is 16.2 Å². The zero-order chi connectivity index (χ0) is 23.3. The largest absolute Gasteiger partial charge is 0.507 e. The number of carboxylic acids is 1. The van der Waals surface area contributed by atoms with Gasteiger partial charge in [-0.1, -0.05) is 117 Å². The second kappa shape index (κ2) is 14.5. The van der Waals surface area contributed by atoms with E-state index < -0.39 is 5.97 Å². The Morgan fingerprint density at radius 1 is 0.871 bits per heavy atom. The third-order valence-electron chi connectivity index (χ3n) is 6.43. The van der Waals surface area contributed by atoms with Gasteiger partial charge in [-0.3, -0.25) is 4.79 Å². The number of aliphatic carboxylic acids is 1. The number of hydrogen-bond donors (Lipinski definition) is 2. The Morgan fingerprint density at radius 2 is 1.39 bits per heavy atom. The number of carboxylic acid groups (broad SMARTS) is 1. The number of phenols is 1. The van der Waals surface area contributed by atoms with Crippen LogP contribution in [0.1, 0.15) is 128 Å². The van der Waals surface area contributed by atoms with Crippen LogP contribution in [0.25, 0.3) is 0 Å². The molecule has 1 aromatic carbocycles. The van der Waals surface area contributed by atoms with E-state index in [1.54, 1.807) is 0 Å². The van der Waals surface area contributed by atoms with Crippen molar-refractivity contribution >= 4 is 5.97 Å². The normalized spacial score (nSPS) is 12.8. The number of rotatable bonds is 16. The zero-order valence-electron chi connectivity index (χ0n) is 20.9. The fraction of sp³-hybridized carbons (Fsp3) is 0.750. The average Bonchev–Trinajstić information content (AvgIpc) is 2.71. The van der Waals surface area contributed by atoms with E-state index in [2.05, 4.69) is 27.7 Å². The molecule has 0 aromatic heterocycles. The van der Waals surface area contributed by atoms with Gasteiger partial charge in [0.1, 0.15) is 5.75 Å². The quantitative estimate of drug-likeness (QED) is 0.259. The summed E-state index contributed by atoms with van der Waals surface area (Å²) >= 11 is 0. The van der Waals surface area contributed by atoms with Crippen molar-refractivity contribution in [1.82, 2.24) is 0 Å². The molecule has 0 saturated carbocycles. The maximum atomic E-state index is 11.9. The molecule has 1 unspecified atom stereocenters. The van der Waals surface area contributed by atoms with Crippen molar-refractivity contribution in [1.29, 1.82) is 0 Å². The van der Waals surface area contributed by atoms with E-state index in [-0.39, 0.29) is 11.3 Å². The highest BCUT2D eigenvalue weighted by Gasteiger charge is 2.23. The van der Waals surface area contributed by atoms with E-state index in [4.69, 9.17) is 0 Å². The number of aryl methyl sites for hydroxylation is 1. The maximum absolute atomic E-state index is 11.9. The highest BCUT2D eigenvalue weighted by atomic mass is 16.4. The monoisotopic (exact) mass is 432 g/mol. The number of benzene rings is 1. The molecule has 0 amide bonds. The second-order valence-electron chi connectivity index (χ2n) is 10.3. The molecule has 0 fully saturated rings. The molecular weight excluding hydrogens is 384 g/mol. The molecule has 0 spiro atoms. The summed E-state index contributed by atoms with van der Waals surface area (Å²) in [6.07, 6.45) is 16.1. The van der Waals surface area contributed by atoms with Crippen LogP contribution in [0, 0.1) is 5.92 Å². The molecule has 3 nitrogen and oxygen atoms in total. The fourth-order valence-corrected chi connectivity index (χ4v) is 4.37. The number of aromatic hydroxyl groups is 1. The Kier molecular flexibility index (Phi) is 12.9. The van der Waals surface area contributed by atoms with Crippen molar-refractivity contribution in [2.75, 3.05) is 0 Å². The van der Waals surface area contributed by atoms with Gasteiger partial charge in [0.2, 0.25) is 0 Å². The van der Waals surface area contributed by atoms with E-state index in [1.165, 1.54) is 57.8 Å². The maximum Gasteiger partial charge on any atom is 0.306 e. The van der Waals surface area contributed by atoms with Crippen LogP contribution in [0.2, 0.25) is 0 Å². The van der Waals surface area contributed by atoms with Gasteiger partial charge in [0, 0.05) is 0 Å². The van der Waals surface area contributed by atoms with Crippen molar-refractivity contribution in [2.45, 2.75) is 130 Å². The van der Waals surface area contributed by atoms with Gasteiger partial charge in [0.05, 0.1) is 5.92 Å². The first kappa shape index (κ1) is 27.5. The van der Waals surface area contributed by atoms with Gasteiger partial charge in [-0.15, -0.1) is 0 Å². The molecule has 1 rings (SSSR count). The lowest BCUT2D eigenvalue weighted by atomic mass is 9.82. The lowest BCUT2D eigenvalue weighted by Crippen LogP contribution is -2.18. The molecule has 3 heteroatoms. The SMILES string of the molecule is CCCCCCCCCCCCCC(Cc1cc(CC)c(O)c(C(C)(C)C)c1)C(=O)O. The van der Waals surface area contributed by atoms with Crippen LogP contribution >= 0.6 is 0 Å². The standard InChI is InChI=1S/C28H48O3/c1-6-8-9-10-11-12-13-14-15-16-17-18-24(27(30)31)20-22-19-23(7-2)26(29)25(21-22)28(3,4)5/h19,21,24,29H,6-18,20H2,1-5H3,(H,30,31). The summed E-state index contributed by atoms with van der Waals surface area (Å²) in [6, 6.07) is 4.02. The van der Waals surface area contributed by atoms with Crippen molar-refractivity contribution in [3.05, 3.63) is 28.8 Å². The molecule has 31 heavy (non-hydrogen) atoms. The summed E-state index contributed by atoms with van der Waals surface area (Å²) in [6.45, 7) is 10.6. The zero-order valence-corrected chi connectivity index (χ0v) is 20.9. The molecule has 0 saturated heterocycles. The van der Waals surface area contributed by atoms with E-state index in [0.29, 0.717) is 12.2 Å². The van der Waals surface area contributed by atoms with Gasteiger partial charge in [0.25, 0.3) is 0 Å². The minimum atomic E-state index is -0.699. The third-order valence-corrected chi connectivity index (χ3v) is 6.43. The average molecular weight is 433 g/mol. The number of carbonyl (C=O) groups is 1. The van der Waals surface area contributed by atoms with E-state index in [0.717, 1.165) is 42.4 Å². The molecule has 1 atom stereocenters. The van der Waals surface area contributed by atoms with Gasteiger partial charge < -0.3 is 10.2 Å². The highest BCUT2D eigenvalue weighted by molar-refractivity contribution is 5.70. The van der Waals surface area contributed by atoms with E-state index >= 15 is 0 Å². The lowest BCUT2D eigenvalue weighted by molar-refractivity contribution is -0.142. The minimum Gasteiger partial charge on any atom is -0.507 e. The first-order valence-corrected chi connectivity index (χ1v) is 12.8. The van der Waals surface area contributed by atoms with Gasteiger partial charge >= 0.3 is 5.97 Å². The van der Waals surface area contributed by atoms with Crippen molar-refractivity contribution in [3.63, 3.8) is 0 Å². The fourth-order valence-electron chi connectivity index (χ4n) is 4.37. The third kappa shape index (κ3) is 10.6. The van der Waals surface area contributed by atoms with Crippen molar-refractivity contribution in [3.8, 4) is 5.75 Å². The predicted octanol–water partition coefficient (Wildman–Crippen LogP) is 8.20. The minimum absolute atomic E-state index is 0.168. The molecule has 0 aliphatic carbocycles. The summed E-state index contributed by atoms with van der Waals surface area (Å²) in [5, 5.41) is 20.3. The Labute approximate surface area is 191 Å². The van der Waals surface area contributed by atoms with Crippen LogP contribution in [0.4, 0.5) is 0 Å². The Balaban J connectivity index is 2.48. The summed E-state index contributed by atoms with van der Waals surface area (Å²) in [4.78, 5) is 11.9. The molecule has 1 aromatic rings. The first-order valence-electron chi connectivity index (χ1n) is 12.8. The predicted molar refractivity (Wildman–Crippen MR) is 132 cm³/mol. The summed E-state index contributed by atoms with van der Waals surface area (Å²) < 4.78 is 0. The molecule has 0 bridgehead atoms. The number of phenolic OH excluding ortho intramolecular Hbond substituents is 1. The van der Waals surface area contributed by atoms with Crippen LogP contribution in [0.15, 0.2) is 12.1 Å². The van der Waals surface area contributed by atoms with Gasteiger partial charge in [-0.2, -0.15) is 0 Å². The van der Waals surface area contributed by atoms with Gasteiger partial charge in [0.15, 0.2) is 0 Å². The Bertz CT molecular complexity index is 642. The first-order chi connectivity index (χ1) is 14.7. The van der Waals surface area contributed by atoms with Gasteiger partial charge in [-0.25, -0.2) is 0 Å². The second-order valence-corrected chi connectivity index (χ2v) is 10.3. The van der Waals surface area contributed by atoms with Crippen LogP contribution in [-0.2, 0) is 23.1 Å². The molecule has 0 aliphatic heterocycles. The lowest BCUT2D eigenvalue weighted by Gasteiger charge is -2.24. The molecule has 0 heterocycles. The summed E-state index contributed by atoms with van der Waals surface area (Å²) in [7, 11) is 0. The summed E-state index contributed by atoms with van der Waals surface area (Å²) in [5.74, 6) is -0.674. The Hall–Kier alpha value is -1.51. The Morgan fingerprint density at radius 3 is 1.84 bits per heavy atom. The molecule has 0 aliphatic rings. The number of unbranched alkanes of at least 4 members (excludes halogenated alkanes) is 10. The van der Waals surface area contributed by atoms with Crippen LogP contribution < -0.4 is 0 Å². The topological polar surface area (TPSA) is 57.5 Å². The van der Waals surface area contributed by atoms with Gasteiger partial charge in [-0.05, 0) is 41.4 Å². The smallest absolute Gasteiger partial charge is 0.306 e.